The molecule has 3 aromatic rings. The van der Waals surface area contributed by atoms with Gasteiger partial charge in [0.1, 0.15) is 12.6 Å². The first-order chi connectivity index (χ1) is 19.1. The van der Waals surface area contributed by atoms with Crippen molar-refractivity contribution in [3.63, 3.8) is 0 Å². The Hall–Kier alpha value is -2.88. The third-order valence-electron chi connectivity index (χ3n) is 7.05. The number of rotatable bonds is 11. The number of carbonyl (C=O) groups is 2. The zero-order valence-corrected chi connectivity index (χ0v) is 25.5. The van der Waals surface area contributed by atoms with Gasteiger partial charge in [-0.3, -0.25) is 13.9 Å². The van der Waals surface area contributed by atoms with Crippen molar-refractivity contribution in [2.45, 2.75) is 50.7 Å². The Labute approximate surface area is 249 Å². The summed E-state index contributed by atoms with van der Waals surface area (Å²) < 4.78 is 27.5. The summed E-state index contributed by atoms with van der Waals surface area (Å²) in [7, 11) is -3.83. The van der Waals surface area contributed by atoms with Crippen LogP contribution in [0.1, 0.15) is 36.8 Å². The van der Waals surface area contributed by atoms with E-state index < -0.39 is 28.5 Å². The summed E-state index contributed by atoms with van der Waals surface area (Å²) >= 11 is 9.88. The van der Waals surface area contributed by atoms with E-state index in [0.29, 0.717) is 20.7 Å². The first-order valence-electron chi connectivity index (χ1n) is 13.2. The summed E-state index contributed by atoms with van der Waals surface area (Å²) in [5.41, 5.74) is 1.90. The highest BCUT2D eigenvalue weighted by molar-refractivity contribution is 9.10. The summed E-state index contributed by atoms with van der Waals surface area (Å²) in [5, 5.41) is 3.61. The Bertz CT molecular complexity index is 1430. The predicted octanol–water partition coefficient (Wildman–Crippen LogP) is 5.57. The molecule has 10 heteroatoms. The van der Waals surface area contributed by atoms with E-state index in [1.165, 1.54) is 4.90 Å². The molecule has 3 aromatic carbocycles. The van der Waals surface area contributed by atoms with Gasteiger partial charge in [0.25, 0.3) is 0 Å². The third kappa shape index (κ3) is 8.08. The largest absolute Gasteiger partial charge is 0.352 e. The molecule has 1 N–H and O–H groups in total. The molecule has 7 nitrogen and oxygen atoms in total. The van der Waals surface area contributed by atoms with Gasteiger partial charge in [0.2, 0.25) is 21.8 Å². The van der Waals surface area contributed by atoms with Gasteiger partial charge < -0.3 is 10.2 Å². The molecule has 0 radical (unpaired) electrons. The highest BCUT2D eigenvalue weighted by Gasteiger charge is 2.34. The quantitative estimate of drug-likeness (QED) is 0.295. The summed E-state index contributed by atoms with van der Waals surface area (Å²) in [4.78, 5) is 29.4. The molecule has 1 saturated carbocycles. The summed E-state index contributed by atoms with van der Waals surface area (Å²) in [6.07, 6.45) is 5.22. The first-order valence-corrected chi connectivity index (χ1v) is 16.2. The number of nitrogens with one attached hydrogen (secondary N) is 1. The van der Waals surface area contributed by atoms with Crippen LogP contribution in [0.25, 0.3) is 0 Å². The van der Waals surface area contributed by atoms with Crippen LogP contribution in [0.5, 0.6) is 0 Å². The highest BCUT2D eigenvalue weighted by atomic mass is 79.9. The molecule has 2 amide bonds. The van der Waals surface area contributed by atoms with Gasteiger partial charge >= 0.3 is 0 Å². The van der Waals surface area contributed by atoms with Gasteiger partial charge in [-0.25, -0.2) is 8.42 Å². The van der Waals surface area contributed by atoms with Gasteiger partial charge in [-0.2, -0.15) is 0 Å². The zero-order valence-electron chi connectivity index (χ0n) is 22.3. The van der Waals surface area contributed by atoms with Crippen molar-refractivity contribution in [1.29, 1.82) is 0 Å². The van der Waals surface area contributed by atoms with Crippen LogP contribution in [-0.4, -0.2) is 50.0 Å². The van der Waals surface area contributed by atoms with E-state index in [1.807, 2.05) is 36.4 Å². The average Bonchev–Trinajstić information content (AvgIpc) is 3.43. The van der Waals surface area contributed by atoms with Crippen LogP contribution in [0.3, 0.4) is 0 Å². The van der Waals surface area contributed by atoms with Gasteiger partial charge in [-0.15, -0.1) is 0 Å². The number of sulfonamides is 1. The molecule has 0 heterocycles. The maximum absolute atomic E-state index is 14.1. The van der Waals surface area contributed by atoms with Crippen LogP contribution < -0.4 is 9.62 Å². The van der Waals surface area contributed by atoms with E-state index in [0.717, 1.165) is 41.8 Å². The minimum absolute atomic E-state index is 0.0458. The summed E-state index contributed by atoms with van der Waals surface area (Å²) in [6, 6.07) is 22.6. The second-order valence-electron chi connectivity index (χ2n) is 10.1. The highest BCUT2D eigenvalue weighted by Crippen LogP contribution is 2.25. The van der Waals surface area contributed by atoms with Crippen molar-refractivity contribution in [2.75, 3.05) is 17.1 Å². The van der Waals surface area contributed by atoms with E-state index in [1.54, 1.807) is 42.5 Å². The van der Waals surface area contributed by atoms with Crippen molar-refractivity contribution in [1.82, 2.24) is 10.2 Å². The first kappa shape index (κ1) is 30.1. The lowest BCUT2D eigenvalue weighted by atomic mass is 10.0. The molecule has 1 fully saturated rings. The Balaban J connectivity index is 1.73. The molecule has 1 aliphatic carbocycles. The number of hydrogen-bond donors (Lipinski definition) is 1. The second-order valence-corrected chi connectivity index (χ2v) is 13.3. The normalized spacial score (nSPS) is 14.5. The fraction of sp³-hybridized carbons (Fsp3) is 0.333. The number of carbonyl (C=O) groups excluding carboxylic acids is 2. The van der Waals surface area contributed by atoms with E-state index >= 15 is 0 Å². The fourth-order valence-corrected chi connectivity index (χ4v) is 6.40. The minimum atomic E-state index is -3.83. The molecule has 0 spiro atoms. The van der Waals surface area contributed by atoms with Crippen LogP contribution in [0.4, 0.5) is 5.69 Å². The Morgan fingerprint density at radius 2 is 1.68 bits per heavy atom. The monoisotopic (exact) mass is 645 g/mol. The number of halogens is 2. The molecule has 212 valence electrons. The maximum Gasteiger partial charge on any atom is 0.244 e. The number of anilines is 1. The summed E-state index contributed by atoms with van der Waals surface area (Å²) in [6.45, 7) is -0.425. The Kier molecular flexibility index (Phi) is 10.3. The van der Waals surface area contributed by atoms with E-state index in [2.05, 4.69) is 21.2 Å². The van der Waals surface area contributed by atoms with Crippen molar-refractivity contribution in [3.8, 4) is 0 Å². The molecule has 0 bridgehead atoms. The van der Waals surface area contributed by atoms with Gasteiger partial charge in [-0.05, 0) is 48.2 Å². The molecule has 40 heavy (non-hydrogen) atoms. The molecule has 0 aromatic heterocycles. The molecule has 1 aliphatic rings. The average molecular weight is 647 g/mol. The minimum Gasteiger partial charge on any atom is -0.352 e. The second kappa shape index (κ2) is 13.7. The third-order valence-corrected chi connectivity index (χ3v) is 9.05. The molecule has 0 aliphatic heterocycles. The van der Waals surface area contributed by atoms with Crippen molar-refractivity contribution in [3.05, 3.63) is 99.5 Å². The standard InChI is InChI=1S/C30H33BrClN3O4S/c1-40(38,39)35(26-16-9-13-24(31)19-26)21-29(36)34(20-23-12-5-8-17-27(23)32)28(18-22-10-3-2-4-11-22)30(37)33-25-14-6-7-15-25/h2-5,8-13,16-17,19,25,28H,6-7,14-15,18,20-21H2,1H3,(H,33,37)/t28-/m0/s1. The molecule has 4 rings (SSSR count). The summed E-state index contributed by atoms with van der Waals surface area (Å²) in [5.74, 6) is -0.766. The Morgan fingerprint density at radius 3 is 2.33 bits per heavy atom. The molecular formula is C30H33BrClN3O4S. The maximum atomic E-state index is 14.1. The van der Waals surface area contributed by atoms with Crippen LogP contribution >= 0.6 is 27.5 Å². The number of amides is 2. The van der Waals surface area contributed by atoms with E-state index in [-0.39, 0.29) is 24.9 Å². The topological polar surface area (TPSA) is 86.8 Å². The zero-order chi connectivity index (χ0) is 28.7. The number of nitrogens with zero attached hydrogens (tertiary/aromatic N) is 2. The SMILES string of the molecule is CS(=O)(=O)N(CC(=O)N(Cc1ccccc1Cl)[C@@H](Cc1ccccc1)C(=O)NC1CCCC1)c1cccc(Br)c1. The lowest BCUT2D eigenvalue weighted by Crippen LogP contribution is -2.54. The molecule has 0 saturated heterocycles. The van der Waals surface area contributed by atoms with Crippen LogP contribution in [0.15, 0.2) is 83.3 Å². The van der Waals surface area contributed by atoms with Crippen LogP contribution in [-0.2, 0) is 32.6 Å². The van der Waals surface area contributed by atoms with Crippen molar-refractivity contribution >= 4 is 55.1 Å². The fourth-order valence-electron chi connectivity index (χ4n) is 4.98. The van der Waals surface area contributed by atoms with Crippen LogP contribution in [0, 0.1) is 0 Å². The van der Waals surface area contributed by atoms with Gasteiger partial charge in [0, 0.05) is 28.5 Å². The van der Waals surface area contributed by atoms with Crippen molar-refractivity contribution in [2.24, 2.45) is 0 Å². The number of hydrogen-bond acceptors (Lipinski definition) is 4. The number of benzene rings is 3. The molecule has 1 atom stereocenters. The lowest BCUT2D eigenvalue weighted by molar-refractivity contribution is -0.140. The van der Waals surface area contributed by atoms with Crippen molar-refractivity contribution < 1.29 is 18.0 Å². The van der Waals surface area contributed by atoms with Gasteiger partial charge in [0.15, 0.2) is 0 Å². The van der Waals surface area contributed by atoms with Gasteiger partial charge in [0.05, 0.1) is 11.9 Å². The van der Waals surface area contributed by atoms with E-state index in [4.69, 9.17) is 11.6 Å². The van der Waals surface area contributed by atoms with E-state index in [9.17, 15) is 18.0 Å². The lowest BCUT2D eigenvalue weighted by Gasteiger charge is -2.34. The Morgan fingerprint density at radius 1 is 1.00 bits per heavy atom. The van der Waals surface area contributed by atoms with Crippen LogP contribution in [0.2, 0.25) is 5.02 Å². The predicted molar refractivity (Wildman–Crippen MR) is 163 cm³/mol. The molecular weight excluding hydrogens is 614 g/mol. The smallest absolute Gasteiger partial charge is 0.244 e. The van der Waals surface area contributed by atoms with Gasteiger partial charge in [-0.1, -0.05) is 95.0 Å². The molecule has 0 unspecified atom stereocenters.